The molecule has 2 heterocycles. The van der Waals surface area contributed by atoms with Gasteiger partial charge in [-0.2, -0.15) is 0 Å². The number of ether oxygens (including phenoxy) is 1. The first-order valence-electron chi connectivity index (χ1n) is 5.00. The predicted octanol–water partition coefficient (Wildman–Crippen LogP) is 0.00140. The topological polar surface area (TPSA) is 52.0 Å². The van der Waals surface area contributed by atoms with Crippen molar-refractivity contribution in [3.8, 4) is 0 Å². The van der Waals surface area contributed by atoms with Crippen molar-refractivity contribution in [3.05, 3.63) is 12.2 Å². The molecule has 2 rings (SSSR count). The van der Waals surface area contributed by atoms with Crippen LogP contribution in [-0.4, -0.2) is 41.6 Å². The summed E-state index contributed by atoms with van der Waals surface area (Å²) in [5.74, 6) is 1.03. The molecule has 1 aliphatic rings. The molecule has 1 saturated heterocycles. The highest BCUT2D eigenvalue weighted by Crippen LogP contribution is 2.16. The lowest BCUT2D eigenvalue weighted by Gasteiger charge is -2.12. The maximum absolute atomic E-state index is 5.04. The van der Waals surface area contributed by atoms with Crippen LogP contribution in [-0.2, 0) is 11.2 Å². The summed E-state index contributed by atoms with van der Waals surface area (Å²) < 4.78 is 7.20. The fraction of sp³-hybridized carbons (Fsp3) is 0.778. The lowest BCUT2D eigenvalue weighted by atomic mass is 10.2. The first-order chi connectivity index (χ1) is 6.92. The highest BCUT2D eigenvalue weighted by Gasteiger charge is 2.18. The van der Waals surface area contributed by atoms with Crippen molar-refractivity contribution in [2.24, 2.45) is 0 Å². The largest absolute Gasteiger partial charge is 0.384 e. The molecule has 1 atom stereocenters. The number of rotatable bonds is 4. The second-order valence-corrected chi connectivity index (χ2v) is 3.54. The Morgan fingerprint density at radius 2 is 2.64 bits per heavy atom. The van der Waals surface area contributed by atoms with E-state index in [1.54, 1.807) is 7.11 Å². The Bertz CT molecular complexity index is 280. The van der Waals surface area contributed by atoms with E-state index < -0.39 is 0 Å². The van der Waals surface area contributed by atoms with Crippen molar-refractivity contribution >= 4 is 0 Å². The van der Waals surface area contributed by atoms with E-state index >= 15 is 0 Å². The second kappa shape index (κ2) is 4.52. The summed E-state index contributed by atoms with van der Waals surface area (Å²) in [6.45, 7) is 2.82. The zero-order valence-electron chi connectivity index (χ0n) is 8.44. The molecule has 0 aliphatic carbocycles. The summed E-state index contributed by atoms with van der Waals surface area (Å²) >= 11 is 0. The van der Waals surface area contributed by atoms with Crippen LogP contribution in [0.15, 0.2) is 6.33 Å². The number of methoxy groups -OCH3 is 1. The number of hydrogen-bond donors (Lipinski definition) is 1. The smallest absolute Gasteiger partial charge is 0.135 e. The summed E-state index contributed by atoms with van der Waals surface area (Å²) in [7, 11) is 1.71. The van der Waals surface area contributed by atoms with Crippen molar-refractivity contribution in [1.82, 2.24) is 20.1 Å². The third-order valence-electron chi connectivity index (χ3n) is 2.60. The van der Waals surface area contributed by atoms with Crippen molar-refractivity contribution in [2.75, 3.05) is 26.8 Å². The summed E-state index contributed by atoms with van der Waals surface area (Å²) in [5.41, 5.74) is 0. The SMILES string of the molecule is COCCc1nncn1C1CCNC1. The lowest BCUT2D eigenvalue weighted by Crippen LogP contribution is -2.16. The Kier molecular flexibility index (Phi) is 3.10. The van der Waals surface area contributed by atoms with Gasteiger partial charge in [-0.1, -0.05) is 0 Å². The standard InChI is InChI=1S/C9H16N4O/c1-14-5-3-9-12-11-7-13(9)8-2-4-10-6-8/h7-8,10H,2-6H2,1H3. The first kappa shape index (κ1) is 9.61. The van der Waals surface area contributed by atoms with Gasteiger partial charge in [-0.3, -0.25) is 0 Å². The van der Waals surface area contributed by atoms with Gasteiger partial charge < -0.3 is 14.6 Å². The molecule has 0 aromatic carbocycles. The number of aromatic nitrogens is 3. The summed E-state index contributed by atoms with van der Waals surface area (Å²) in [5, 5.41) is 11.4. The average Bonchev–Trinajstić information content (AvgIpc) is 2.84. The molecule has 14 heavy (non-hydrogen) atoms. The normalized spacial score (nSPS) is 21.6. The molecular formula is C9H16N4O. The van der Waals surface area contributed by atoms with Gasteiger partial charge >= 0.3 is 0 Å². The number of nitrogens with one attached hydrogen (secondary N) is 1. The molecule has 5 heteroatoms. The van der Waals surface area contributed by atoms with Gasteiger partial charge in [0.2, 0.25) is 0 Å². The third kappa shape index (κ3) is 1.93. The highest BCUT2D eigenvalue weighted by molar-refractivity contribution is 4.92. The third-order valence-corrected chi connectivity index (χ3v) is 2.60. The Hall–Kier alpha value is -0.940. The van der Waals surface area contributed by atoms with Crippen LogP contribution in [0.25, 0.3) is 0 Å². The molecule has 1 aromatic heterocycles. The van der Waals surface area contributed by atoms with E-state index in [2.05, 4.69) is 20.1 Å². The van der Waals surface area contributed by atoms with Gasteiger partial charge in [0, 0.05) is 26.1 Å². The van der Waals surface area contributed by atoms with Gasteiger partial charge in [0.15, 0.2) is 0 Å². The van der Waals surface area contributed by atoms with Gasteiger partial charge in [-0.15, -0.1) is 10.2 Å². The summed E-state index contributed by atoms with van der Waals surface area (Å²) in [6, 6.07) is 0.525. The Morgan fingerprint density at radius 3 is 3.36 bits per heavy atom. The van der Waals surface area contributed by atoms with E-state index in [4.69, 9.17) is 4.74 Å². The Balaban J connectivity index is 2.04. The fourth-order valence-corrected chi connectivity index (χ4v) is 1.82. The number of hydrogen-bond acceptors (Lipinski definition) is 4. The molecule has 1 aliphatic heterocycles. The highest BCUT2D eigenvalue weighted by atomic mass is 16.5. The van der Waals surface area contributed by atoms with Crippen LogP contribution in [0.3, 0.4) is 0 Å². The van der Waals surface area contributed by atoms with E-state index in [0.29, 0.717) is 12.6 Å². The van der Waals surface area contributed by atoms with Crippen LogP contribution in [0.2, 0.25) is 0 Å². The number of nitrogens with zero attached hydrogens (tertiary/aromatic N) is 3. The molecule has 0 amide bonds. The van der Waals surface area contributed by atoms with E-state index in [-0.39, 0.29) is 0 Å². The van der Waals surface area contributed by atoms with Crippen LogP contribution >= 0.6 is 0 Å². The fourth-order valence-electron chi connectivity index (χ4n) is 1.82. The Labute approximate surface area is 83.5 Å². The van der Waals surface area contributed by atoms with Crippen molar-refractivity contribution < 1.29 is 4.74 Å². The van der Waals surface area contributed by atoms with E-state index in [9.17, 15) is 0 Å². The Morgan fingerprint density at radius 1 is 1.71 bits per heavy atom. The lowest BCUT2D eigenvalue weighted by molar-refractivity contribution is 0.199. The first-order valence-corrected chi connectivity index (χ1v) is 5.00. The van der Waals surface area contributed by atoms with Crippen molar-refractivity contribution in [2.45, 2.75) is 18.9 Å². The quantitative estimate of drug-likeness (QED) is 0.736. The molecular weight excluding hydrogens is 180 g/mol. The molecule has 78 valence electrons. The van der Waals surface area contributed by atoms with E-state index in [1.807, 2.05) is 6.33 Å². The monoisotopic (exact) mass is 196 g/mol. The average molecular weight is 196 g/mol. The summed E-state index contributed by atoms with van der Waals surface area (Å²) in [4.78, 5) is 0. The molecule has 0 spiro atoms. The predicted molar refractivity (Wildman–Crippen MR) is 52.1 cm³/mol. The van der Waals surface area contributed by atoms with E-state index in [0.717, 1.165) is 31.8 Å². The molecule has 1 aromatic rings. The van der Waals surface area contributed by atoms with Crippen LogP contribution in [0, 0.1) is 0 Å². The molecule has 1 unspecified atom stereocenters. The maximum atomic E-state index is 5.04. The van der Waals surface area contributed by atoms with Crippen LogP contribution < -0.4 is 5.32 Å². The molecule has 1 N–H and O–H groups in total. The van der Waals surface area contributed by atoms with Crippen LogP contribution in [0.1, 0.15) is 18.3 Å². The van der Waals surface area contributed by atoms with Crippen molar-refractivity contribution in [1.29, 1.82) is 0 Å². The van der Waals surface area contributed by atoms with Gasteiger partial charge in [0.05, 0.1) is 6.61 Å². The van der Waals surface area contributed by atoms with Gasteiger partial charge in [0.1, 0.15) is 12.2 Å². The van der Waals surface area contributed by atoms with Gasteiger partial charge in [-0.25, -0.2) is 0 Å². The van der Waals surface area contributed by atoms with Gasteiger partial charge in [0.25, 0.3) is 0 Å². The maximum Gasteiger partial charge on any atom is 0.135 e. The molecule has 0 saturated carbocycles. The zero-order chi connectivity index (χ0) is 9.80. The van der Waals surface area contributed by atoms with Gasteiger partial charge in [-0.05, 0) is 13.0 Å². The van der Waals surface area contributed by atoms with Crippen molar-refractivity contribution in [3.63, 3.8) is 0 Å². The zero-order valence-corrected chi connectivity index (χ0v) is 8.44. The van der Waals surface area contributed by atoms with E-state index in [1.165, 1.54) is 0 Å². The van der Waals surface area contributed by atoms with Crippen LogP contribution in [0.5, 0.6) is 0 Å². The van der Waals surface area contributed by atoms with Crippen LogP contribution in [0.4, 0.5) is 0 Å². The minimum absolute atomic E-state index is 0.525. The molecule has 1 fully saturated rings. The molecule has 5 nitrogen and oxygen atoms in total. The molecule has 0 radical (unpaired) electrons. The molecule has 0 bridgehead atoms. The second-order valence-electron chi connectivity index (χ2n) is 3.54. The minimum atomic E-state index is 0.525. The summed E-state index contributed by atoms with van der Waals surface area (Å²) in [6.07, 6.45) is 3.83. The minimum Gasteiger partial charge on any atom is -0.384 e.